The smallest absolute Gasteiger partial charge is 0.122 e. The van der Waals surface area contributed by atoms with Crippen LogP contribution in [0.15, 0.2) is 18.2 Å². The minimum Gasteiger partial charge on any atom is -0.497 e. The molecule has 17 heavy (non-hydrogen) atoms. The lowest BCUT2D eigenvalue weighted by Crippen LogP contribution is -2.09. The molecule has 3 atom stereocenters. The Balaban J connectivity index is 2.31. The van der Waals surface area contributed by atoms with Crippen LogP contribution in [0.25, 0.3) is 0 Å². The first kappa shape index (κ1) is 12.7. The molecular formula is C14H19BrO2. The summed E-state index contributed by atoms with van der Waals surface area (Å²) in [4.78, 5) is 0.629. The van der Waals surface area contributed by atoms with E-state index in [1.807, 2.05) is 6.07 Å². The van der Waals surface area contributed by atoms with E-state index < -0.39 is 0 Å². The molecule has 0 amide bonds. The highest BCUT2D eigenvalue weighted by Gasteiger charge is 2.32. The largest absolute Gasteiger partial charge is 0.497 e. The van der Waals surface area contributed by atoms with E-state index in [0.717, 1.165) is 11.5 Å². The van der Waals surface area contributed by atoms with E-state index in [9.17, 15) is 0 Å². The number of hydrogen-bond acceptors (Lipinski definition) is 2. The lowest BCUT2D eigenvalue weighted by Gasteiger charge is -2.19. The molecule has 0 radical (unpaired) electrons. The SMILES string of the molecule is COc1cc(OC)cc(C2CCC(Br)C2C)c1. The van der Waals surface area contributed by atoms with Crippen molar-refractivity contribution in [1.29, 1.82) is 0 Å². The van der Waals surface area contributed by atoms with Crippen LogP contribution in [0.5, 0.6) is 11.5 Å². The quantitative estimate of drug-likeness (QED) is 0.786. The Morgan fingerprint density at radius 1 is 1.06 bits per heavy atom. The van der Waals surface area contributed by atoms with Crippen LogP contribution in [0.3, 0.4) is 0 Å². The summed E-state index contributed by atoms with van der Waals surface area (Å²) >= 11 is 3.75. The third-order valence-electron chi connectivity index (χ3n) is 3.76. The van der Waals surface area contributed by atoms with Gasteiger partial charge in [-0.15, -0.1) is 0 Å². The second-order valence-corrected chi connectivity index (χ2v) is 5.88. The zero-order chi connectivity index (χ0) is 12.4. The molecule has 0 aliphatic heterocycles. The van der Waals surface area contributed by atoms with E-state index in [0.29, 0.717) is 16.7 Å². The predicted octanol–water partition coefficient (Wildman–Crippen LogP) is 3.98. The minimum absolute atomic E-state index is 0.600. The van der Waals surface area contributed by atoms with Crippen LogP contribution in [0.1, 0.15) is 31.2 Å². The van der Waals surface area contributed by atoms with Crippen molar-refractivity contribution >= 4 is 15.9 Å². The molecule has 1 saturated carbocycles. The molecule has 0 aromatic heterocycles. The zero-order valence-electron chi connectivity index (χ0n) is 10.6. The van der Waals surface area contributed by atoms with Gasteiger partial charge in [0.05, 0.1) is 14.2 Å². The van der Waals surface area contributed by atoms with Gasteiger partial charge in [-0.1, -0.05) is 22.9 Å². The summed E-state index contributed by atoms with van der Waals surface area (Å²) in [5.41, 5.74) is 1.33. The Morgan fingerprint density at radius 3 is 2.06 bits per heavy atom. The fourth-order valence-electron chi connectivity index (χ4n) is 2.63. The molecule has 1 aliphatic carbocycles. The molecule has 1 fully saturated rings. The van der Waals surface area contributed by atoms with Gasteiger partial charge in [0.15, 0.2) is 0 Å². The highest BCUT2D eigenvalue weighted by atomic mass is 79.9. The minimum atomic E-state index is 0.600. The van der Waals surface area contributed by atoms with Crippen LogP contribution in [-0.2, 0) is 0 Å². The summed E-state index contributed by atoms with van der Waals surface area (Å²) < 4.78 is 10.7. The third-order valence-corrected chi connectivity index (χ3v) is 5.05. The number of hydrogen-bond donors (Lipinski definition) is 0. The summed E-state index contributed by atoms with van der Waals surface area (Å²) in [6.45, 7) is 2.31. The van der Waals surface area contributed by atoms with Crippen LogP contribution < -0.4 is 9.47 Å². The summed E-state index contributed by atoms with van der Waals surface area (Å²) in [5.74, 6) is 3.02. The lowest BCUT2D eigenvalue weighted by atomic mass is 9.90. The average molecular weight is 299 g/mol. The molecule has 0 spiro atoms. The fraction of sp³-hybridized carbons (Fsp3) is 0.571. The molecule has 1 aliphatic rings. The summed E-state index contributed by atoms with van der Waals surface area (Å²) in [6, 6.07) is 6.19. The molecule has 0 N–H and O–H groups in total. The van der Waals surface area contributed by atoms with Crippen molar-refractivity contribution in [3.05, 3.63) is 23.8 Å². The maximum atomic E-state index is 5.33. The van der Waals surface area contributed by atoms with Gasteiger partial charge in [0.1, 0.15) is 11.5 Å². The molecule has 0 bridgehead atoms. The number of benzene rings is 1. The maximum Gasteiger partial charge on any atom is 0.122 e. The van der Waals surface area contributed by atoms with Crippen LogP contribution >= 0.6 is 15.9 Å². The molecular weight excluding hydrogens is 280 g/mol. The number of ether oxygens (including phenoxy) is 2. The Hall–Kier alpha value is -0.700. The Morgan fingerprint density at radius 2 is 1.65 bits per heavy atom. The summed E-state index contributed by atoms with van der Waals surface area (Å²) in [6.07, 6.45) is 2.47. The first-order valence-corrected chi connectivity index (χ1v) is 6.94. The van der Waals surface area contributed by atoms with Gasteiger partial charge in [-0.2, -0.15) is 0 Å². The van der Waals surface area contributed by atoms with Gasteiger partial charge in [-0.3, -0.25) is 0 Å². The lowest BCUT2D eigenvalue weighted by molar-refractivity contribution is 0.391. The number of alkyl halides is 1. The van der Waals surface area contributed by atoms with E-state index in [2.05, 4.69) is 35.0 Å². The molecule has 94 valence electrons. The van der Waals surface area contributed by atoms with Crippen molar-refractivity contribution in [2.24, 2.45) is 5.92 Å². The van der Waals surface area contributed by atoms with Gasteiger partial charge < -0.3 is 9.47 Å². The third kappa shape index (κ3) is 2.59. The van der Waals surface area contributed by atoms with Gasteiger partial charge in [-0.25, -0.2) is 0 Å². The van der Waals surface area contributed by atoms with Crippen LogP contribution in [0.2, 0.25) is 0 Å². The van der Waals surface area contributed by atoms with Crippen LogP contribution in [-0.4, -0.2) is 19.0 Å². The first-order chi connectivity index (χ1) is 8.15. The second kappa shape index (κ2) is 5.30. The van der Waals surface area contributed by atoms with E-state index in [4.69, 9.17) is 9.47 Å². The Bertz CT molecular complexity index is 370. The van der Waals surface area contributed by atoms with E-state index in [1.165, 1.54) is 18.4 Å². The molecule has 3 heteroatoms. The number of halogens is 1. The Labute approximate surface area is 111 Å². The van der Waals surface area contributed by atoms with Crippen LogP contribution in [0, 0.1) is 5.92 Å². The molecule has 1 aromatic rings. The van der Waals surface area contributed by atoms with Gasteiger partial charge in [0.25, 0.3) is 0 Å². The molecule has 2 rings (SSSR count). The van der Waals surface area contributed by atoms with Gasteiger partial charge in [-0.05, 0) is 42.4 Å². The zero-order valence-corrected chi connectivity index (χ0v) is 12.2. The summed E-state index contributed by atoms with van der Waals surface area (Å²) in [5, 5.41) is 0. The standard InChI is InChI=1S/C14H19BrO2/c1-9-13(4-5-14(9)15)10-6-11(16-2)8-12(7-10)17-3/h6-9,13-14H,4-5H2,1-3H3. The van der Waals surface area contributed by atoms with Gasteiger partial charge >= 0.3 is 0 Å². The summed E-state index contributed by atoms with van der Waals surface area (Å²) in [7, 11) is 3.40. The van der Waals surface area contributed by atoms with Gasteiger partial charge in [0.2, 0.25) is 0 Å². The predicted molar refractivity (Wildman–Crippen MR) is 73.4 cm³/mol. The maximum absolute atomic E-state index is 5.33. The molecule has 0 heterocycles. The average Bonchev–Trinajstić information content (AvgIpc) is 2.69. The fourth-order valence-corrected chi connectivity index (χ4v) is 3.26. The monoisotopic (exact) mass is 298 g/mol. The van der Waals surface area contributed by atoms with E-state index in [1.54, 1.807) is 14.2 Å². The van der Waals surface area contributed by atoms with Gasteiger partial charge in [0, 0.05) is 10.9 Å². The first-order valence-electron chi connectivity index (χ1n) is 6.02. The normalized spacial score (nSPS) is 28.1. The molecule has 0 saturated heterocycles. The van der Waals surface area contributed by atoms with E-state index in [-0.39, 0.29) is 0 Å². The molecule has 1 aromatic carbocycles. The van der Waals surface area contributed by atoms with Crippen molar-refractivity contribution in [2.75, 3.05) is 14.2 Å². The molecule has 2 nitrogen and oxygen atoms in total. The number of rotatable bonds is 3. The number of methoxy groups -OCH3 is 2. The van der Waals surface area contributed by atoms with Crippen molar-refractivity contribution in [1.82, 2.24) is 0 Å². The molecule has 3 unspecified atom stereocenters. The Kier molecular flexibility index (Phi) is 3.97. The van der Waals surface area contributed by atoms with Crippen LogP contribution in [0.4, 0.5) is 0 Å². The van der Waals surface area contributed by atoms with Crippen molar-refractivity contribution < 1.29 is 9.47 Å². The van der Waals surface area contributed by atoms with E-state index >= 15 is 0 Å². The van der Waals surface area contributed by atoms with Crippen molar-refractivity contribution in [3.8, 4) is 11.5 Å². The van der Waals surface area contributed by atoms with Crippen molar-refractivity contribution in [3.63, 3.8) is 0 Å². The topological polar surface area (TPSA) is 18.5 Å². The van der Waals surface area contributed by atoms with Crippen molar-refractivity contribution in [2.45, 2.75) is 30.5 Å². The highest BCUT2D eigenvalue weighted by Crippen LogP contribution is 2.44. The second-order valence-electron chi connectivity index (χ2n) is 4.70. The highest BCUT2D eigenvalue weighted by molar-refractivity contribution is 9.09.